The first-order chi connectivity index (χ1) is 12.2. The van der Waals surface area contributed by atoms with Crippen molar-refractivity contribution in [1.29, 1.82) is 0 Å². The van der Waals surface area contributed by atoms with Crippen LogP contribution in [0.15, 0.2) is 18.5 Å². The van der Waals surface area contributed by atoms with Crippen LogP contribution in [0.1, 0.15) is 32.1 Å². The van der Waals surface area contributed by atoms with Crippen LogP contribution in [-0.2, 0) is 16.1 Å². The summed E-state index contributed by atoms with van der Waals surface area (Å²) in [6.07, 6.45) is -2.82. The number of halogens is 3. The van der Waals surface area contributed by atoms with Crippen molar-refractivity contribution < 1.29 is 27.9 Å². The summed E-state index contributed by atoms with van der Waals surface area (Å²) < 4.78 is 38.1. The van der Waals surface area contributed by atoms with Crippen molar-refractivity contribution in [3.63, 3.8) is 0 Å². The van der Waals surface area contributed by atoms with E-state index in [2.05, 4.69) is 15.7 Å². The van der Waals surface area contributed by atoms with Gasteiger partial charge in [-0.05, 0) is 25.3 Å². The number of hydrogen-bond donors (Lipinski definition) is 3. The summed E-state index contributed by atoms with van der Waals surface area (Å²) in [5.41, 5.74) is 0. The van der Waals surface area contributed by atoms with Gasteiger partial charge in [0.25, 0.3) is 0 Å². The highest BCUT2D eigenvalue weighted by Crippen LogP contribution is 2.26. The fraction of sp³-hybridized carbons (Fsp3) is 0.688. The van der Waals surface area contributed by atoms with Gasteiger partial charge in [0, 0.05) is 31.3 Å². The number of carbonyl (C=O) groups is 2. The average Bonchev–Trinajstić information content (AvgIpc) is 3.07. The number of alkyl halides is 3. The van der Waals surface area contributed by atoms with Crippen molar-refractivity contribution in [2.75, 3.05) is 6.54 Å². The fourth-order valence-electron chi connectivity index (χ4n) is 2.96. The largest absolute Gasteiger partial charge is 0.391 e. The van der Waals surface area contributed by atoms with Crippen molar-refractivity contribution in [3.05, 3.63) is 18.5 Å². The van der Waals surface area contributed by atoms with Crippen LogP contribution >= 0.6 is 0 Å². The molecule has 146 valence electrons. The van der Waals surface area contributed by atoms with Gasteiger partial charge in [-0.15, -0.1) is 0 Å². The van der Waals surface area contributed by atoms with E-state index in [0.29, 0.717) is 25.9 Å². The van der Waals surface area contributed by atoms with Crippen LogP contribution in [0, 0.1) is 5.92 Å². The molecule has 1 aromatic heterocycles. The summed E-state index contributed by atoms with van der Waals surface area (Å²) in [5.74, 6) is -1.31. The number of amides is 2. The predicted octanol–water partition coefficient (Wildman–Crippen LogP) is 0.988. The fourth-order valence-corrected chi connectivity index (χ4v) is 2.96. The smallest absolute Gasteiger partial charge is 0.389 e. The second kappa shape index (κ2) is 9.02. The summed E-state index contributed by atoms with van der Waals surface area (Å²) in [7, 11) is 0. The number of aromatic nitrogens is 2. The normalized spacial score (nSPS) is 23.5. The SMILES string of the molecule is O=C(CCC(F)(F)F)N[C@H]1CC[C@H](C(=O)NCCn2cccn2)C[C@@H]1O. The van der Waals surface area contributed by atoms with Crippen LogP contribution < -0.4 is 10.6 Å². The Morgan fingerprint density at radius 3 is 2.69 bits per heavy atom. The topological polar surface area (TPSA) is 96.3 Å². The lowest BCUT2D eigenvalue weighted by Crippen LogP contribution is -2.49. The van der Waals surface area contributed by atoms with Gasteiger partial charge in [0.2, 0.25) is 11.8 Å². The van der Waals surface area contributed by atoms with E-state index in [1.54, 1.807) is 23.1 Å². The molecule has 0 aromatic carbocycles. The molecule has 2 rings (SSSR count). The van der Waals surface area contributed by atoms with Crippen molar-refractivity contribution in [1.82, 2.24) is 20.4 Å². The lowest BCUT2D eigenvalue weighted by atomic mass is 9.83. The van der Waals surface area contributed by atoms with Gasteiger partial charge in [-0.2, -0.15) is 18.3 Å². The van der Waals surface area contributed by atoms with Crippen LogP contribution in [0.2, 0.25) is 0 Å². The maximum Gasteiger partial charge on any atom is 0.389 e. The predicted molar refractivity (Wildman–Crippen MR) is 85.8 cm³/mol. The summed E-state index contributed by atoms with van der Waals surface area (Å²) >= 11 is 0. The maximum atomic E-state index is 12.1. The van der Waals surface area contributed by atoms with Gasteiger partial charge in [0.1, 0.15) is 0 Å². The molecule has 3 N–H and O–H groups in total. The van der Waals surface area contributed by atoms with Crippen molar-refractivity contribution in [2.24, 2.45) is 5.92 Å². The quantitative estimate of drug-likeness (QED) is 0.661. The third kappa shape index (κ3) is 6.66. The Labute approximate surface area is 148 Å². The van der Waals surface area contributed by atoms with Gasteiger partial charge in [0.15, 0.2) is 0 Å². The molecule has 0 aliphatic heterocycles. The number of nitrogens with one attached hydrogen (secondary N) is 2. The zero-order chi connectivity index (χ0) is 19.2. The molecule has 1 heterocycles. The molecule has 3 atom stereocenters. The molecule has 0 bridgehead atoms. The van der Waals surface area contributed by atoms with Crippen molar-refractivity contribution in [2.45, 2.75) is 57.0 Å². The van der Waals surface area contributed by atoms with Gasteiger partial charge in [-0.1, -0.05) is 0 Å². The first-order valence-electron chi connectivity index (χ1n) is 8.54. The third-order valence-corrected chi connectivity index (χ3v) is 4.37. The maximum absolute atomic E-state index is 12.1. The number of hydrogen-bond acceptors (Lipinski definition) is 4. The lowest BCUT2D eigenvalue weighted by molar-refractivity contribution is -0.145. The molecule has 7 nitrogen and oxygen atoms in total. The molecule has 10 heteroatoms. The van der Waals surface area contributed by atoms with E-state index in [9.17, 15) is 27.9 Å². The first-order valence-corrected chi connectivity index (χ1v) is 8.54. The molecule has 26 heavy (non-hydrogen) atoms. The highest BCUT2D eigenvalue weighted by Gasteiger charge is 2.34. The van der Waals surface area contributed by atoms with Crippen LogP contribution in [-0.4, -0.2) is 51.6 Å². The van der Waals surface area contributed by atoms with Gasteiger partial charge in [-0.25, -0.2) is 0 Å². The minimum atomic E-state index is -4.39. The Kier molecular flexibility index (Phi) is 7.01. The van der Waals surface area contributed by atoms with Crippen molar-refractivity contribution in [3.8, 4) is 0 Å². The van der Waals surface area contributed by atoms with E-state index in [1.807, 2.05) is 0 Å². The Balaban J connectivity index is 1.69. The van der Waals surface area contributed by atoms with Crippen molar-refractivity contribution >= 4 is 11.8 Å². The molecule has 1 saturated carbocycles. The molecule has 1 aliphatic carbocycles. The molecule has 0 saturated heterocycles. The second-order valence-corrected chi connectivity index (χ2v) is 6.43. The summed E-state index contributed by atoms with van der Waals surface area (Å²) in [6.45, 7) is 0.941. The summed E-state index contributed by atoms with van der Waals surface area (Å²) in [6, 6.07) is 1.16. The Hall–Kier alpha value is -2.10. The Morgan fingerprint density at radius 1 is 1.31 bits per heavy atom. The molecule has 2 amide bonds. The summed E-state index contributed by atoms with van der Waals surface area (Å²) in [4.78, 5) is 23.7. The van der Waals surface area contributed by atoms with E-state index in [1.165, 1.54) is 0 Å². The van der Waals surface area contributed by atoms with E-state index < -0.39 is 37.1 Å². The van der Waals surface area contributed by atoms with E-state index in [-0.39, 0.29) is 18.2 Å². The molecule has 0 radical (unpaired) electrons. The van der Waals surface area contributed by atoms with Crippen LogP contribution in [0.5, 0.6) is 0 Å². The molecule has 0 spiro atoms. The Bertz CT molecular complexity index is 592. The molecule has 1 fully saturated rings. The van der Waals surface area contributed by atoms with Gasteiger partial charge < -0.3 is 15.7 Å². The summed E-state index contributed by atoms with van der Waals surface area (Å²) in [5, 5.41) is 19.3. The average molecular weight is 376 g/mol. The number of rotatable bonds is 7. The van der Waals surface area contributed by atoms with Gasteiger partial charge in [0.05, 0.1) is 25.1 Å². The Morgan fingerprint density at radius 2 is 2.08 bits per heavy atom. The van der Waals surface area contributed by atoms with E-state index >= 15 is 0 Å². The first kappa shape index (κ1) is 20.2. The van der Waals surface area contributed by atoms with Crippen LogP contribution in [0.4, 0.5) is 13.2 Å². The minimum Gasteiger partial charge on any atom is -0.391 e. The molecule has 0 unspecified atom stereocenters. The molecular weight excluding hydrogens is 353 g/mol. The molecule has 1 aliphatic rings. The van der Waals surface area contributed by atoms with Crippen LogP contribution in [0.25, 0.3) is 0 Å². The van der Waals surface area contributed by atoms with E-state index in [4.69, 9.17) is 0 Å². The van der Waals surface area contributed by atoms with Gasteiger partial charge in [-0.3, -0.25) is 14.3 Å². The lowest BCUT2D eigenvalue weighted by Gasteiger charge is -2.33. The number of aliphatic hydroxyl groups excluding tert-OH is 1. The zero-order valence-electron chi connectivity index (χ0n) is 14.2. The van der Waals surface area contributed by atoms with Crippen LogP contribution in [0.3, 0.4) is 0 Å². The highest BCUT2D eigenvalue weighted by atomic mass is 19.4. The molecular formula is C16H23F3N4O3. The second-order valence-electron chi connectivity index (χ2n) is 6.43. The number of carbonyl (C=O) groups excluding carboxylic acids is 2. The molecule has 1 aromatic rings. The number of aliphatic hydroxyl groups is 1. The standard InChI is InChI=1S/C16H23F3N4O3/c17-16(18,19)5-4-14(25)22-12-3-2-11(10-13(12)24)15(26)20-7-9-23-8-1-6-21-23/h1,6,8,11-13,24H,2-5,7,9-10H2,(H,20,26)(H,22,25)/t11-,12-,13-/m0/s1. The zero-order valence-corrected chi connectivity index (χ0v) is 14.2. The number of nitrogens with zero attached hydrogens (tertiary/aromatic N) is 2. The highest BCUT2D eigenvalue weighted by molar-refractivity contribution is 5.79. The monoisotopic (exact) mass is 376 g/mol. The third-order valence-electron chi connectivity index (χ3n) is 4.37. The van der Waals surface area contributed by atoms with Gasteiger partial charge >= 0.3 is 6.18 Å². The van der Waals surface area contributed by atoms with E-state index in [0.717, 1.165) is 0 Å². The minimum absolute atomic E-state index is 0.165.